The fraction of sp³-hybridized carbons (Fsp3) is 0.167. The Labute approximate surface area is 275 Å². The van der Waals surface area contributed by atoms with E-state index in [1.54, 1.807) is 11.3 Å². The predicted molar refractivity (Wildman–Crippen MR) is 195 cm³/mol. The van der Waals surface area contributed by atoms with Crippen LogP contribution in [0.3, 0.4) is 0 Å². The topological polar surface area (TPSA) is 28.2 Å². The molecular formula is C42H35N3S. The molecule has 4 heteroatoms. The molecule has 0 saturated heterocycles. The van der Waals surface area contributed by atoms with Crippen LogP contribution in [0.1, 0.15) is 43.9 Å². The maximum atomic E-state index is 4.97. The summed E-state index contributed by atoms with van der Waals surface area (Å²) in [6.07, 6.45) is 11.3. The Morgan fingerprint density at radius 1 is 0.761 bits per heavy atom. The molecule has 2 unspecified atom stereocenters. The molecule has 5 aromatic carbocycles. The minimum Gasteiger partial charge on any atom is -0.355 e. The number of hydrogen-bond donors (Lipinski definition) is 1. The SMILES string of the molecule is CC1(C)c2ccccc2N(C23C=CC=CC2C3)c2ccc(-c3ccc4c(c3)Cc3cc5sc(-c6ccccc6)nc5cc3N4)cc21.[HH]. The van der Waals surface area contributed by atoms with Crippen molar-refractivity contribution >= 4 is 44.3 Å². The van der Waals surface area contributed by atoms with Gasteiger partial charge in [-0.2, -0.15) is 0 Å². The van der Waals surface area contributed by atoms with E-state index in [9.17, 15) is 0 Å². The molecule has 2 aliphatic heterocycles. The standard InChI is InChI=1S/C42H33N3S.H2/c1-41(2)32-13-6-7-14-37(32)45(42-19-9-8-12-31(42)25-42)38-18-16-28(22-33(38)41)27-15-17-34-29(20-27)21-30-23-39-36(24-35(30)43-34)44-40(46-39)26-10-4-3-5-11-26;/h3-20,22-24,31,43H,21,25H2,1-2H3;1H. The highest BCUT2D eigenvalue weighted by Gasteiger charge is 2.58. The Morgan fingerprint density at radius 3 is 2.43 bits per heavy atom. The molecule has 1 fully saturated rings. The van der Waals surface area contributed by atoms with Crippen molar-refractivity contribution in [2.24, 2.45) is 5.92 Å². The number of thiazole rings is 1. The maximum absolute atomic E-state index is 4.97. The van der Waals surface area contributed by atoms with Crippen molar-refractivity contribution in [3.63, 3.8) is 0 Å². The van der Waals surface area contributed by atoms with Crippen LogP contribution in [0, 0.1) is 5.92 Å². The number of benzene rings is 5. The summed E-state index contributed by atoms with van der Waals surface area (Å²) >= 11 is 1.77. The van der Waals surface area contributed by atoms with E-state index in [0.717, 1.165) is 29.1 Å². The van der Waals surface area contributed by atoms with E-state index in [-0.39, 0.29) is 12.4 Å². The lowest BCUT2D eigenvalue weighted by Crippen LogP contribution is -2.41. The van der Waals surface area contributed by atoms with E-state index in [2.05, 4.69) is 151 Å². The zero-order valence-corrected chi connectivity index (χ0v) is 26.7. The molecule has 1 aromatic heterocycles. The van der Waals surface area contributed by atoms with Gasteiger partial charge in [0.15, 0.2) is 0 Å². The maximum Gasteiger partial charge on any atom is 0.124 e. The molecule has 1 saturated carbocycles. The van der Waals surface area contributed by atoms with Gasteiger partial charge in [0.05, 0.1) is 15.8 Å². The summed E-state index contributed by atoms with van der Waals surface area (Å²) < 4.78 is 1.24. The number of fused-ring (bicyclic) bond motifs is 6. The lowest BCUT2D eigenvalue weighted by molar-refractivity contribution is 0.608. The van der Waals surface area contributed by atoms with E-state index in [1.807, 2.05) is 0 Å². The first kappa shape index (κ1) is 26.3. The Balaban J connectivity index is 0.00000302. The first-order valence-electron chi connectivity index (χ1n) is 16.3. The van der Waals surface area contributed by atoms with Crippen LogP contribution in [-0.4, -0.2) is 10.5 Å². The molecule has 2 aliphatic carbocycles. The van der Waals surface area contributed by atoms with Crippen molar-refractivity contribution in [3.05, 3.63) is 150 Å². The number of aromatic nitrogens is 1. The van der Waals surface area contributed by atoms with Crippen molar-refractivity contribution in [2.75, 3.05) is 10.2 Å². The third-order valence-corrected chi connectivity index (χ3v) is 11.8. The third-order valence-electron chi connectivity index (χ3n) is 10.7. The van der Waals surface area contributed by atoms with E-state index in [1.165, 1.54) is 60.7 Å². The summed E-state index contributed by atoms with van der Waals surface area (Å²) in [5, 5.41) is 4.80. The highest BCUT2D eigenvalue weighted by Crippen LogP contribution is 2.61. The van der Waals surface area contributed by atoms with Gasteiger partial charge in [-0.3, -0.25) is 0 Å². The zero-order chi connectivity index (χ0) is 30.6. The molecule has 1 N–H and O–H groups in total. The van der Waals surface area contributed by atoms with Crippen LogP contribution in [0.4, 0.5) is 22.7 Å². The lowest BCUT2D eigenvalue weighted by Gasteiger charge is -2.46. The molecule has 3 nitrogen and oxygen atoms in total. The Morgan fingerprint density at radius 2 is 1.54 bits per heavy atom. The van der Waals surface area contributed by atoms with Gasteiger partial charge in [0.1, 0.15) is 5.01 Å². The van der Waals surface area contributed by atoms with E-state index >= 15 is 0 Å². The van der Waals surface area contributed by atoms with Crippen molar-refractivity contribution in [3.8, 4) is 21.7 Å². The quantitative estimate of drug-likeness (QED) is 0.215. The normalized spacial score (nSPS) is 21.1. The van der Waals surface area contributed by atoms with Crippen LogP contribution in [0.15, 0.2) is 127 Å². The van der Waals surface area contributed by atoms with Crippen LogP contribution in [0.25, 0.3) is 31.9 Å². The summed E-state index contributed by atoms with van der Waals surface area (Å²) in [5.74, 6) is 0.562. The minimum atomic E-state index is -0.110. The van der Waals surface area contributed by atoms with Gasteiger partial charge in [0, 0.05) is 47.5 Å². The third kappa shape index (κ3) is 3.74. The number of nitrogens with zero attached hydrogens (tertiary/aromatic N) is 2. The van der Waals surface area contributed by atoms with Crippen LogP contribution < -0.4 is 10.2 Å². The molecule has 0 bridgehead atoms. The average Bonchev–Trinajstić information content (AvgIpc) is 3.69. The zero-order valence-electron chi connectivity index (χ0n) is 25.9. The molecule has 0 radical (unpaired) electrons. The van der Waals surface area contributed by atoms with Gasteiger partial charge in [0.2, 0.25) is 0 Å². The average molecular weight is 614 g/mol. The van der Waals surface area contributed by atoms with Crippen molar-refractivity contribution in [2.45, 2.75) is 37.6 Å². The molecule has 2 atom stereocenters. The first-order valence-corrected chi connectivity index (χ1v) is 17.1. The molecule has 3 heterocycles. The van der Waals surface area contributed by atoms with E-state index in [0.29, 0.717) is 5.92 Å². The van der Waals surface area contributed by atoms with Gasteiger partial charge >= 0.3 is 0 Å². The van der Waals surface area contributed by atoms with Crippen molar-refractivity contribution in [1.82, 2.24) is 4.98 Å². The summed E-state index contributed by atoms with van der Waals surface area (Å²) in [6, 6.07) is 38.2. The second kappa shape index (κ2) is 9.31. The monoisotopic (exact) mass is 613 g/mol. The van der Waals surface area contributed by atoms with Gasteiger partial charge in [-0.05, 0) is 82.3 Å². The van der Waals surface area contributed by atoms with E-state index in [4.69, 9.17) is 4.98 Å². The Bertz CT molecular complexity index is 2300. The van der Waals surface area contributed by atoms with Crippen molar-refractivity contribution < 1.29 is 1.43 Å². The van der Waals surface area contributed by atoms with Crippen LogP contribution >= 0.6 is 11.3 Å². The summed E-state index contributed by atoms with van der Waals surface area (Å²) in [4.78, 5) is 7.62. The molecule has 224 valence electrons. The van der Waals surface area contributed by atoms with Crippen molar-refractivity contribution in [1.29, 1.82) is 0 Å². The second-order valence-electron chi connectivity index (χ2n) is 13.8. The van der Waals surface area contributed by atoms with Crippen LogP contribution in [0.2, 0.25) is 0 Å². The highest BCUT2D eigenvalue weighted by molar-refractivity contribution is 7.21. The first-order chi connectivity index (χ1) is 22.5. The van der Waals surface area contributed by atoms with E-state index < -0.39 is 0 Å². The van der Waals surface area contributed by atoms with Gasteiger partial charge in [-0.25, -0.2) is 4.98 Å². The fourth-order valence-corrected chi connectivity index (χ4v) is 9.19. The smallest absolute Gasteiger partial charge is 0.124 e. The number of hydrogen-bond acceptors (Lipinski definition) is 4. The number of allylic oxidation sites excluding steroid dienone is 2. The van der Waals surface area contributed by atoms with Gasteiger partial charge < -0.3 is 10.2 Å². The molecule has 46 heavy (non-hydrogen) atoms. The van der Waals surface area contributed by atoms with Crippen LogP contribution in [-0.2, 0) is 11.8 Å². The summed E-state index contributed by atoms with van der Waals surface area (Å²) in [7, 11) is 0. The molecule has 6 aromatic rings. The largest absolute Gasteiger partial charge is 0.355 e. The predicted octanol–water partition coefficient (Wildman–Crippen LogP) is 11.2. The Kier molecular flexibility index (Phi) is 5.32. The van der Waals surface area contributed by atoms with Gasteiger partial charge in [-0.15, -0.1) is 11.3 Å². The molecule has 4 aliphatic rings. The van der Waals surface area contributed by atoms with Crippen LogP contribution in [0.5, 0.6) is 0 Å². The molecule has 0 amide bonds. The lowest BCUT2D eigenvalue weighted by atomic mass is 9.72. The summed E-state index contributed by atoms with van der Waals surface area (Å²) in [5.41, 5.74) is 15.2. The molecule has 10 rings (SSSR count). The molecular weight excluding hydrogens is 579 g/mol. The fourth-order valence-electron chi connectivity index (χ4n) is 8.18. The minimum absolute atomic E-state index is 0. The number of para-hydroxylation sites is 1. The van der Waals surface area contributed by atoms with Gasteiger partial charge in [-0.1, -0.05) is 98.8 Å². The number of rotatable bonds is 3. The number of anilines is 4. The van der Waals surface area contributed by atoms with Gasteiger partial charge in [0.25, 0.3) is 0 Å². The Hall–Kier alpha value is -4.93. The second-order valence-corrected chi connectivity index (χ2v) is 14.8. The highest BCUT2D eigenvalue weighted by atomic mass is 32.1. The number of nitrogens with one attached hydrogen (secondary N) is 1. The molecule has 0 spiro atoms. The summed E-state index contributed by atoms with van der Waals surface area (Å²) in [6.45, 7) is 4.78.